The molecule has 0 atom stereocenters. The van der Waals surface area contributed by atoms with Crippen LogP contribution >= 0.6 is 15.9 Å². The minimum absolute atomic E-state index is 0.332. The largest absolute Gasteiger partial charge is 0.449 e. The fraction of sp³-hybridized carbons (Fsp3) is 0. The molecule has 4 heteroatoms. The van der Waals surface area contributed by atoms with Gasteiger partial charge in [0.05, 0.1) is 0 Å². The maximum absolute atomic E-state index is 12.9. The van der Waals surface area contributed by atoms with Crippen LogP contribution in [0.2, 0.25) is 0 Å². The number of nitrogens with two attached hydrogens (primary N) is 1. The summed E-state index contributed by atoms with van der Waals surface area (Å²) in [7, 11) is 0. The SMILES string of the molecule is Nc1ccc(F)cc1-c1ccc(Br)o1. The van der Waals surface area contributed by atoms with Crippen molar-refractivity contribution in [2.45, 2.75) is 0 Å². The van der Waals surface area contributed by atoms with Crippen LogP contribution in [0.25, 0.3) is 11.3 Å². The predicted molar refractivity (Wildman–Crippen MR) is 56.2 cm³/mol. The summed E-state index contributed by atoms with van der Waals surface area (Å²) in [4.78, 5) is 0. The number of benzene rings is 1. The summed E-state index contributed by atoms with van der Waals surface area (Å²) >= 11 is 3.17. The lowest BCUT2D eigenvalue weighted by atomic mass is 10.1. The van der Waals surface area contributed by atoms with Gasteiger partial charge in [-0.2, -0.15) is 0 Å². The quantitative estimate of drug-likeness (QED) is 0.794. The Balaban J connectivity index is 2.55. The van der Waals surface area contributed by atoms with Crippen LogP contribution < -0.4 is 5.73 Å². The summed E-state index contributed by atoms with van der Waals surface area (Å²) in [6.45, 7) is 0. The molecular weight excluding hydrogens is 249 g/mol. The Morgan fingerprint density at radius 1 is 1.21 bits per heavy atom. The van der Waals surface area contributed by atoms with Crippen LogP contribution in [0.4, 0.5) is 10.1 Å². The Hall–Kier alpha value is -1.29. The third kappa shape index (κ3) is 1.65. The maximum Gasteiger partial charge on any atom is 0.169 e. The van der Waals surface area contributed by atoms with Gasteiger partial charge in [-0.15, -0.1) is 0 Å². The first-order valence-electron chi connectivity index (χ1n) is 3.97. The van der Waals surface area contributed by atoms with Gasteiger partial charge in [0.2, 0.25) is 0 Å². The van der Waals surface area contributed by atoms with Crippen molar-refractivity contribution in [1.29, 1.82) is 0 Å². The molecule has 0 aliphatic rings. The second kappa shape index (κ2) is 3.46. The van der Waals surface area contributed by atoms with Crippen molar-refractivity contribution in [3.8, 4) is 11.3 Å². The van der Waals surface area contributed by atoms with Gasteiger partial charge in [-0.1, -0.05) is 0 Å². The zero-order chi connectivity index (χ0) is 10.1. The molecule has 0 aliphatic carbocycles. The van der Waals surface area contributed by atoms with Crippen molar-refractivity contribution < 1.29 is 8.81 Å². The number of nitrogen functional groups attached to an aromatic ring is 1. The van der Waals surface area contributed by atoms with E-state index in [0.29, 0.717) is 21.7 Å². The highest BCUT2D eigenvalue weighted by atomic mass is 79.9. The van der Waals surface area contributed by atoms with Crippen molar-refractivity contribution in [3.63, 3.8) is 0 Å². The molecule has 1 heterocycles. The van der Waals surface area contributed by atoms with E-state index in [-0.39, 0.29) is 5.82 Å². The average molecular weight is 256 g/mol. The van der Waals surface area contributed by atoms with Gasteiger partial charge in [-0.3, -0.25) is 0 Å². The monoisotopic (exact) mass is 255 g/mol. The van der Waals surface area contributed by atoms with Crippen LogP contribution in [-0.4, -0.2) is 0 Å². The first-order chi connectivity index (χ1) is 6.66. The van der Waals surface area contributed by atoms with E-state index in [0.717, 1.165) is 0 Å². The fourth-order valence-corrected chi connectivity index (χ4v) is 1.51. The zero-order valence-electron chi connectivity index (χ0n) is 7.13. The molecule has 2 nitrogen and oxygen atoms in total. The maximum atomic E-state index is 12.9. The van der Waals surface area contributed by atoms with E-state index >= 15 is 0 Å². The van der Waals surface area contributed by atoms with Gasteiger partial charge in [0.15, 0.2) is 4.67 Å². The Labute approximate surface area is 88.7 Å². The number of hydrogen-bond acceptors (Lipinski definition) is 2. The number of rotatable bonds is 1. The molecule has 2 aromatic rings. The van der Waals surface area contributed by atoms with Gasteiger partial charge in [-0.05, 0) is 46.3 Å². The highest BCUT2D eigenvalue weighted by Gasteiger charge is 2.07. The Bertz CT molecular complexity index is 467. The third-order valence-corrected chi connectivity index (χ3v) is 2.28. The standard InChI is InChI=1S/C10H7BrFNO/c11-10-4-3-9(14-10)7-5-6(12)1-2-8(7)13/h1-5H,13H2. The van der Waals surface area contributed by atoms with E-state index in [1.165, 1.54) is 18.2 Å². The second-order valence-corrected chi connectivity index (χ2v) is 3.62. The lowest BCUT2D eigenvalue weighted by molar-refractivity contribution is 0.555. The van der Waals surface area contributed by atoms with E-state index in [9.17, 15) is 4.39 Å². The number of anilines is 1. The average Bonchev–Trinajstić information content (AvgIpc) is 2.56. The van der Waals surface area contributed by atoms with Crippen LogP contribution in [0.15, 0.2) is 39.4 Å². The zero-order valence-corrected chi connectivity index (χ0v) is 8.71. The van der Waals surface area contributed by atoms with Crippen LogP contribution in [0.1, 0.15) is 0 Å². The molecule has 2 rings (SSSR count). The summed E-state index contributed by atoms with van der Waals surface area (Å²) < 4.78 is 18.8. The lowest BCUT2D eigenvalue weighted by Crippen LogP contribution is -1.89. The molecule has 1 aromatic carbocycles. The van der Waals surface area contributed by atoms with Gasteiger partial charge >= 0.3 is 0 Å². The predicted octanol–water partition coefficient (Wildman–Crippen LogP) is 3.43. The van der Waals surface area contributed by atoms with Gasteiger partial charge < -0.3 is 10.2 Å². The van der Waals surface area contributed by atoms with Crippen molar-refractivity contribution in [2.75, 3.05) is 5.73 Å². The van der Waals surface area contributed by atoms with E-state index in [1.54, 1.807) is 12.1 Å². The molecule has 0 unspecified atom stereocenters. The minimum atomic E-state index is -0.332. The molecule has 0 saturated heterocycles. The Kier molecular flexibility index (Phi) is 2.29. The van der Waals surface area contributed by atoms with Gasteiger partial charge in [0.25, 0.3) is 0 Å². The van der Waals surface area contributed by atoms with Crippen molar-refractivity contribution >= 4 is 21.6 Å². The number of halogens is 2. The van der Waals surface area contributed by atoms with Crippen molar-refractivity contribution in [2.24, 2.45) is 0 Å². The molecule has 14 heavy (non-hydrogen) atoms. The van der Waals surface area contributed by atoms with Crippen molar-refractivity contribution in [3.05, 3.63) is 40.8 Å². The Morgan fingerprint density at radius 2 is 2.00 bits per heavy atom. The van der Waals surface area contributed by atoms with Crippen LogP contribution in [0, 0.1) is 5.82 Å². The van der Waals surface area contributed by atoms with E-state index in [2.05, 4.69) is 15.9 Å². The van der Waals surface area contributed by atoms with Gasteiger partial charge in [-0.25, -0.2) is 4.39 Å². The minimum Gasteiger partial charge on any atom is -0.449 e. The second-order valence-electron chi connectivity index (χ2n) is 2.84. The molecule has 0 fully saturated rings. The lowest BCUT2D eigenvalue weighted by Gasteiger charge is -2.01. The van der Waals surface area contributed by atoms with Crippen molar-refractivity contribution in [1.82, 2.24) is 0 Å². The highest BCUT2D eigenvalue weighted by molar-refractivity contribution is 9.10. The molecule has 0 spiro atoms. The molecule has 0 saturated carbocycles. The molecular formula is C10H7BrFNO. The molecule has 0 amide bonds. The Morgan fingerprint density at radius 3 is 2.64 bits per heavy atom. The third-order valence-electron chi connectivity index (χ3n) is 1.85. The molecule has 0 bridgehead atoms. The molecule has 72 valence electrons. The summed E-state index contributed by atoms with van der Waals surface area (Å²) in [5.41, 5.74) is 6.75. The summed E-state index contributed by atoms with van der Waals surface area (Å²) in [6, 6.07) is 7.65. The normalized spacial score (nSPS) is 10.4. The highest BCUT2D eigenvalue weighted by Crippen LogP contribution is 2.29. The van der Waals surface area contributed by atoms with E-state index in [4.69, 9.17) is 10.2 Å². The van der Waals surface area contributed by atoms with Crippen LogP contribution in [-0.2, 0) is 0 Å². The first kappa shape index (κ1) is 9.27. The van der Waals surface area contributed by atoms with Crippen LogP contribution in [0.5, 0.6) is 0 Å². The number of furan rings is 1. The summed E-state index contributed by atoms with van der Waals surface area (Å²) in [5, 5.41) is 0. The summed E-state index contributed by atoms with van der Waals surface area (Å²) in [5.74, 6) is 0.218. The van der Waals surface area contributed by atoms with Gasteiger partial charge in [0.1, 0.15) is 11.6 Å². The van der Waals surface area contributed by atoms with E-state index < -0.39 is 0 Å². The smallest absolute Gasteiger partial charge is 0.169 e. The molecule has 0 radical (unpaired) electrons. The first-order valence-corrected chi connectivity index (χ1v) is 4.77. The number of hydrogen-bond donors (Lipinski definition) is 1. The van der Waals surface area contributed by atoms with Gasteiger partial charge in [0, 0.05) is 11.3 Å². The molecule has 0 aliphatic heterocycles. The molecule has 1 aromatic heterocycles. The van der Waals surface area contributed by atoms with Crippen LogP contribution in [0.3, 0.4) is 0 Å². The topological polar surface area (TPSA) is 39.2 Å². The fourth-order valence-electron chi connectivity index (χ4n) is 1.20. The molecule has 2 N–H and O–H groups in total. The van der Waals surface area contributed by atoms with E-state index in [1.807, 2.05) is 0 Å². The summed E-state index contributed by atoms with van der Waals surface area (Å²) in [6.07, 6.45) is 0.